The Balaban J connectivity index is 1.30. The minimum Gasteiger partial charge on any atom is -0.480 e. The molecule has 0 radical (unpaired) electrons. The number of amides is 2. The fourth-order valence-electron chi connectivity index (χ4n) is 3.90. The number of nitrogen functional groups attached to an aromatic ring is 1. The molecule has 0 fully saturated rings. The number of aliphatic carboxylic acids is 1. The summed E-state index contributed by atoms with van der Waals surface area (Å²) in [5.74, 6) is -2.68. The molecule has 0 aliphatic rings. The zero-order valence-corrected chi connectivity index (χ0v) is 25.8. The molecular formula is C29H38N8O10. The molecule has 47 heavy (non-hydrogen) atoms. The minimum atomic E-state index is -1.27. The Morgan fingerprint density at radius 2 is 1.62 bits per heavy atom. The number of nitrogens with zero attached hydrogens (tertiary/aromatic N) is 3. The van der Waals surface area contributed by atoms with Gasteiger partial charge in [0.2, 0.25) is 11.9 Å². The van der Waals surface area contributed by atoms with Gasteiger partial charge < -0.3 is 45.7 Å². The Bertz CT molecular complexity index is 1550. The predicted molar refractivity (Wildman–Crippen MR) is 166 cm³/mol. The fraction of sp³-hybridized carbons (Fsp3) is 0.448. The number of anilines is 2. The van der Waals surface area contributed by atoms with Gasteiger partial charge in [-0.1, -0.05) is 0 Å². The van der Waals surface area contributed by atoms with Crippen LogP contribution in [0.4, 0.5) is 11.6 Å². The number of aromatic amines is 1. The summed E-state index contributed by atoms with van der Waals surface area (Å²) in [6.07, 6.45) is 1.23. The first kappa shape index (κ1) is 36.3. The van der Waals surface area contributed by atoms with E-state index in [4.69, 9.17) is 24.7 Å². The van der Waals surface area contributed by atoms with Crippen molar-refractivity contribution in [3.05, 3.63) is 52.1 Å². The number of carbonyl (C=O) groups is 4. The van der Waals surface area contributed by atoms with E-state index in [1.54, 1.807) is 12.1 Å². The second-order valence-electron chi connectivity index (χ2n) is 9.85. The summed E-state index contributed by atoms with van der Waals surface area (Å²) >= 11 is 0. The number of rotatable bonds is 21. The van der Waals surface area contributed by atoms with Crippen LogP contribution >= 0.6 is 0 Å². The van der Waals surface area contributed by atoms with Gasteiger partial charge in [-0.2, -0.15) is 4.98 Å². The van der Waals surface area contributed by atoms with E-state index in [-0.39, 0.29) is 73.7 Å². The van der Waals surface area contributed by atoms with Crippen LogP contribution in [0.2, 0.25) is 0 Å². The summed E-state index contributed by atoms with van der Waals surface area (Å²) in [5.41, 5.74) is 6.52. The van der Waals surface area contributed by atoms with Crippen molar-refractivity contribution in [2.45, 2.75) is 32.4 Å². The van der Waals surface area contributed by atoms with E-state index in [9.17, 15) is 29.1 Å². The summed E-state index contributed by atoms with van der Waals surface area (Å²) in [7, 11) is 0. The Hall–Kier alpha value is -5.20. The number of H-pyrrole nitrogens is 1. The van der Waals surface area contributed by atoms with E-state index in [1.807, 2.05) is 0 Å². The second kappa shape index (κ2) is 19.3. The summed E-state index contributed by atoms with van der Waals surface area (Å²) < 4.78 is 20.7. The number of benzene rings is 1. The molecule has 2 aromatic heterocycles. The first-order valence-corrected chi connectivity index (χ1v) is 14.6. The summed E-state index contributed by atoms with van der Waals surface area (Å²) in [6.45, 7) is 3.83. The number of esters is 1. The first-order valence-electron chi connectivity index (χ1n) is 14.6. The summed E-state index contributed by atoms with van der Waals surface area (Å²) in [5, 5.41) is 17.7. The van der Waals surface area contributed by atoms with Crippen LogP contribution in [0.1, 0.15) is 35.8 Å². The molecule has 0 spiro atoms. The Labute approximate surface area is 268 Å². The molecule has 18 heteroatoms. The fourth-order valence-corrected chi connectivity index (χ4v) is 3.90. The average molecular weight is 659 g/mol. The minimum absolute atomic E-state index is 0.0531. The molecule has 2 heterocycles. The van der Waals surface area contributed by atoms with E-state index >= 15 is 0 Å². The lowest BCUT2D eigenvalue weighted by Crippen LogP contribution is -2.41. The molecule has 1 atom stereocenters. The van der Waals surface area contributed by atoms with E-state index in [0.29, 0.717) is 44.4 Å². The zero-order valence-electron chi connectivity index (χ0n) is 25.8. The quantitative estimate of drug-likeness (QED) is 0.0628. The van der Waals surface area contributed by atoms with Crippen LogP contribution < -0.4 is 27.2 Å². The maximum atomic E-state index is 12.7. The zero-order chi connectivity index (χ0) is 34.0. The number of carbonyl (C=O) groups excluding carboxylic acids is 3. The van der Waals surface area contributed by atoms with Crippen LogP contribution in [0.25, 0.3) is 11.2 Å². The van der Waals surface area contributed by atoms with Crippen molar-refractivity contribution in [2.24, 2.45) is 0 Å². The second-order valence-corrected chi connectivity index (χ2v) is 9.85. The molecule has 254 valence electrons. The van der Waals surface area contributed by atoms with Crippen molar-refractivity contribution in [1.29, 1.82) is 0 Å². The molecule has 0 bridgehead atoms. The molecular weight excluding hydrogens is 620 g/mol. The number of carboxylic acids is 1. The monoisotopic (exact) mass is 658 g/mol. The molecule has 7 N–H and O–H groups in total. The number of nitrogens with one attached hydrogen (secondary N) is 4. The van der Waals surface area contributed by atoms with Gasteiger partial charge in [0, 0.05) is 31.1 Å². The van der Waals surface area contributed by atoms with Gasteiger partial charge in [-0.25, -0.2) is 14.8 Å². The lowest BCUT2D eigenvalue weighted by atomic mass is 10.1. The number of carboxylic acid groups (broad SMARTS) is 1. The third-order valence-corrected chi connectivity index (χ3v) is 6.22. The lowest BCUT2D eigenvalue weighted by Gasteiger charge is -2.15. The van der Waals surface area contributed by atoms with E-state index in [2.05, 4.69) is 35.9 Å². The number of ether oxygens (including phenoxy) is 4. The molecule has 0 saturated heterocycles. The summed E-state index contributed by atoms with van der Waals surface area (Å²) in [6, 6.07) is 5.01. The molecule has 1 unspecified atom stereocenters. The number of hydrogen-bond donors (Lipinski definition) is 6. The van der Waals surface area contributed by atoms with Gasteiger partial charge in [0.15, 0.2) is 11.2 Å². The molecule has 2 amide bonds. The highest BCUT2D eigenvalue weighted by molar-refractivity contribution is 5.97. The molecule has 3 rings (SSSR count). The normalized spacial score (nSPS) is 11.5. The van der Waals surface area contributed by atoms with Gasteiger partial charge in [0.1, 0.15) is 12.6 Å². The van der Waals surface area contributed by atoms with Crippen molar-refractivity contribution < 1.29 is 43.2 Å². The predicted octanol–water partition coefficient (Wildman–Crippen LogP) is -0.400. The van der Waals surface area contributed by atoms with Crippen LogP contribution in [0.3, 0.4) is 0 Å². The van der Waals surface area contributed by atoms with Crippen LogP contribution in [-0.2, 0) is 39.9 Å². The summed E-state index contributed by atoms with van der Waals surface area (Å²) in [4.78, 5) is 73.9. The van der Waals surface area contributed by atoms with Gasteiger partial charge >= 0.3 is 11.9 Å². The SMILES string of the molecule is CC(=O)OCCOCCOCCOCCNC(=O)CCC(NC(=O)c1ccc(NCc2cnc3nc(N)[nH]c(=O)c3n2)cc1)C(=O)O. The highest BCUT2D eigenvalue weighted by Gasteiger charge is 2.21. The van der Waals surface area contributed by atoms with Crippen LogP contribution in [0, 0.1) is 0 Å². The molecule has 18 nitrogen and oxygen atoms in total. The molecule has 0 aliphatic carbocycles. The van der Waals surface area contributed by atoms with Gasteiger partial charge in [0.05, 0.1) is 58.1 Å². The number of aromatic nitrogens is 4. The Morgan fingerprint density at radius 3 is 2.28 bits per heavy atom. The van der Waals surface area contributed by atoms with Crippen LogP contribution in [0.15, 0.2) is 35.3 Å². The molecule has 1 aromatic carbocycles. The highest BCUT2D eigenvalue weighted by atomic mass is 16.6. The lowest BCUT2D eigenvalue weighted by molar-refractivity contribution is -0.142. The van der Waals surface area contributed by atoms with Gasteiger partial charge in [-0.15, -0.1) is 0 Å². The number of hydrogen-bond acceptors (Lipinski definition) is 14. The van der Waals surface area contributed by atoms with Gasteiger partial charge in [0.25, 0.3) is 11.5 Å². The number of fused-ring (bicyclic) bond motifs is 1. The maximum Gasteiger partial charge on any atom is 0.326 e. The van der Waals surface area contributed by atoms with E-state index < -0.39 is 23.5 Å². The topological polar surface area (TPSA) is 259 Å². The standard InChI is InChI=1S/C29H38N8O10/c1-18(38)47-15-14-46-13-12-45-11-10-44-9-8-31-23(39)7-6-22(28(42)43)35-26(40)19-2-4-20(5-3-19)32-16-21-17-33-25-24(34-21)27(41)37-29(30)36-25/h2-5,17,22,32H,6-16H2,1H3,(H,31,39)(H,35,40)(H,42,43)(H3,30,33,36,37,41). The Morgan fingerprint density at radius 1 is 0.957 bits per heavy atom. The van der Waals surface area contributed by atoms with Crippen molar-refractivity contribution in [3.8, 4) is 0 Å². The maximum absolute atomic E-state index is 12.7. The smallest absolute Gasteiger partial charge is 0.326 e. The molecule has 3 aromatic rings. The largest absolute Gasteiger partial charge is 0.480 e. The van der Waals surface area contributed by atoms with Crippen molar-refractivity contribution in [3.63, 3.8) is 0 Å². The average Bonchev–Trinajstić information content (AvgIpc) is 3.04. The molecule has 0 aliphatic heterocycles. The van der Waals surface area contributed by atoms with Crippen molar-refractivity contribution in [2.75, 3.05) is 63.8 Å². The van der Waals surface area contributed by atoms with Crippen molar-refractivity contribution in [1.82, 2.24) is 30.6 Å². The van der Waals surface area contributed by atoms with Gasteiger partial charge in [-0.05, 0) is 30.7 Å². The first-order chi connectivity index (χ1) is 22.6. The highest BCUT2D eigenvalue weighted by Crippen LogP contribution is 2.12. The third-order valence-electron chi connectivity index (χ3n) is 6.22. The Kier molecular flexibility index (Phi) is 14.9. The van der Waals surface area contributed by atoms with E-state index in [0.717, 1.165) is 0 Å². The van der Waals surface area contributed by atoms with E-state index in [1.165, 1.54) is 25.3 Å². The van der Waals surface area contributed by atoms with Crippen LogP contribution in [-0.4, -0.2) is 108 Å². The van der Waals surface area contributed by atoms with Crippen LogP contribution in [0.5, 0.6) is 0 Å². The van der Waals surface area contributed by atoms with Crippen molar-refractivity contribution >= 4 is 46.6 Å². The number of nitrogens with two attached hydrogens (primary N) is 1. The van der Waals surface area contributed by atoms with Gasteiger partial charge in [-0.3, -0.25) is 24.2 Å². The molecule has 0 saturated carbocycles. The third kappa shape index (κ3) is 13.4.